The van der Waals surface area contributed by atoms with Crippen molar-refractivity contribution in [2.75, 3.05) is 12.3 Å². The van der Waals surface area contributed by atoms with Crippen molar-refractivity contribution in [1.29, 1.82) is 0 Å². The highest BCUT2D eigenvalue weighted by molar-refractivity contribution is 7.99. The molecule has 2 aromatic rings. The molecular formula is C14H17N3S. The summed E-state index contributed by atoms with van der Waals surface area (Å²) < 4.78 is 0. The van der Waals surface area contributed by atoms with Crippen molar-refractivity contribution in [3.8, 4) is 0 Å². The van der Waals surface area contributed by atoms with Crippen molar-refractivity contribution in [2.45, 2.75) is 18.6 Å². The maximum atomic E-state index is 4.35. The highest BCUT2D eigenvalue weighted by Gasteiger charge is 1.97. The average Bonchev–Trinajstić information content (AvgIpc) is 2.40. The van der Waals surface area contributed by atoms with E-state index in [2.05, 4.69) is 39.6 Å². The molecule has 0 aliphatic carbocycles. The van der Waals surface area contributed by atoms with E-state index in [-0.39, 0.29) is 0 Å². The number of nitrogens with zero attached hydrogens (tertiary/aromatic N) is 2. The Bertz CT molecular complexity index is 473. The van der Waals surface area contributed by atoms with Gasteiger partial charge in [0.05, 0.1) is 0 Å². The van der Waals surface area contributed by atoms with Crippen molar-refractivity contribution in [1.82, 2.24) is 15.3 Å². The monoisotopic (exact) mass is 259 g/mol. The first-order valence-corrected chi connectivity index (χ1v) is 7.00. The summed E-state index contributed by atoms with van der Waals surface area (Å²) in [6.45, 7) is 3.85. The molecule has 0 saturated heterocycles. The van der Waals surface area contributed by atoms with Crippen LogP contribution >= 0.6 is 11.8 Å². The molecule has 0 atom stereocenters. The normalized spacial score (nSPS) is 10.5. The van der Waals surface area contributed by atoms with Gasteiger partial charge in [0.1, 0.15) is 0 Å². The molecule has 0 spiro atoms. The highest BCUT2D eigenvalue weighted by atomic mass is 32.2. The third-order valence-corrected chi connectivity index (χ3v) is 3.32. The zero-order valence-corrected chi connectivity index (χ0v) is 11.3. The Morgan fingerprint density at radius 1 is 1.17 bits per heavy atom. The number of hydrogen-bond acceptors (Lipinski definition) is 4. The van der Waals surface area contributed by atoms with Crippen LogP contribution in [0.1, 0.15) is 11.3 Å². The van der Waals surface area contributed by atoms with Crippen LogP contribution in [0.2, 0.25) is 0 Å². The van der Waals surface area contributed by atoms with Gasteiger partial charge in [-0.25, -0.2) is 9.97 Å². The number of aryl methyl sites for hydroxylation is 1. The molecule has 3 nitrogen and oxygen atoms in total. The number of rotatable bonds is 6. The second kappa shape index (κ2) is 7.13. The molecule has 2 rings (SSSR count). The summed E-state index contributed by atoms with van der Waals surface area (Å²) in [7, 11) is 0. The Hall–Kier alpha value is -1.39. The molecule has 0 bridgehead atoms. The first kappa shape index (κ1) is 13.1. The molecule has 0 saturated carbocycles. The average molecular weight is 259 g/mol. The van der Waals surface area contributed by atoms with Gasteiger partial charge < -0.3 is 5.32 Å². The summed E-state index contributed by atoms with van der Waals surface area (Å²) in [5.74, 6) is 0.982. The van der Waals surface area contributed by atoms with Gasteiger partial charge in [-0.1, -0.05) is 42.1 Å². The Kier molecular flexibility index (Phi) is 5.17. The van der Waals surface area contributed by atoms with Crippen LogP contribution in [0.5, 0.6) is 0 Å². The molecule has 1 heterocycles. The fourth-order valence-electron chi connectivity index (χ4n) is 1.54. The predicted molar refractivity (Wildman–Crippen MR) is 75.6 cm³/mol. The Balaban J connectivity index is 1.65. The van der Waals surface area contributed by atoms with Crippen LogP contribution in [0.25, 0.3) is 0 Å². The van der Waals surface area contributed by atoms with E-state index in [4.69, 9.17) is 0 Å². The molecule has 0 unspecified atom stereocenters. The first-order chi connectivity index (χ1) is 8.84. The summed E-state index contributed by atoms with van der Waals surface area (Å²) >= 11 is 1.69. The van der Waals surface area contributed by atoms with E-state index in [0.717, 1.165) is 29.7 Å². The van der Waals surface area contributed by atoms with E-state index in [1.807, 2.05) is 25.3 Å². The summed E-state index contributed by atoms with van der Waals surface area (Å²) in [5, 5.41) is 4.27. The van der Waals surface area contributed by atoms with E-state index in [0.29, 0.717) is 0 Å². The fraction of sp³-hybridized carbons (Fsp3) is 0.286. The van der Waals surface area contributed by atoms with Crippen molar-refractivity contribution in [3.05, 3.63) is 53.9 Å². The third kappa shape index (κ3) is 4.47. The minimum absolute atomic E-state index is 0.858. The predicted octanol–water partition coefficient (Wildman–Crippen LogP) is 2.67. The minimum Gasteiger partial charge on any atom is -0.312 e. The van der Waals surface area contributed by atoms with Gasteiger partial charge in [0, 0.05) is 30.7 Å². The Labute approximate surface area is 112 Å². The number of benzene rings is 1. The quantitative estimate of drug-likeness (QED) is 0.492. The zero-order chi connectivity index (χ0) is 12.6. The molecular weight excluding hydrogens is 242 g/mol. The van der Waals surface area contributed by atoms with Crippen molar-refractivity contribution >= 4 is 11.8 Å². The summed E-state index contributed by atoms with van der Waals surface area (Å²) in [6, 6.07) is 12.3. The lowest BCUT2D eigenvalue weighted by atomic mass is 10.2. The van der Waals surface area contributed by atoms with Gasteiger partial charge >= 0.3 is 0 Å². The molecule has 94 valence electrons. The number of thioether (sulfide) groups is 1. The van der Waals surface area contributed by atoms with Gasteiger partial charge in [-0.15, -0.1) is 0 Å². The molecule has 1 aromatic carbocycles. The van der Waals surface area contributed by atoms with Crippen LogP contribution in [0.15, 0.2) is 47.8 Å². The second-order valence-corrected chi connectivity index (χ2v) is 5.05. The molecule has 0 fully saturated rings. The van der Waals surface area contributed by atoms with E-state index >= 15 is 0 Å². The third-order valence-electron chi connectivity index (χ3n) is 2.45. The van der Waals surface area contributed by atoms with E-state index in [9.17, 15) is 0 Å². The lowest BCUT2D eigenvalue weighted by molar-refractivity contribution is 0.731. The fourth-order valence-corrected chi connectivity index (χ4v) is 2.31. The molecule has 0 amide bonds. The molecule has 0 aliphatic heterocycles. The lowest BCUT2D eigenvalue weighted by Crippen LogP contribution is -2.16. The van der Waals surface area contributed by atoms with Crippen LogP contribution in [0.4, 0.5) is 0 Å². The van der Waals surface area contributed by atoms with Crippen LogP contribution < -0.4 is 5.32 Å². The molecule has 18 heavy (non-hydrogen) atoms. The molecule has 1 aromatic heterocycles. The molecule has 4 heteroatoms. The number of nitrogens with one attached hydrogen (secondary N) is 1. The molecule has 0 radical (unpaired) electrons. The molecule has 1 N–H and O–H groups in total. The topological polar surface area (TPSA) is 37.8 Å². The van der Waals surface area contributed by atoms with Gasteiger partial charge in [-0.3, -0.25) is 0 Å². The Morgan fingerprint density at radius 2 is 2.00 bits per heavy atom. The van der Waals surface area contributed by atoms with E-state index < -0.39 is 0 Å². The van der Waals surface area contributed by atoms with Gasteiger partial charge in [0.25, 0.3) is 0 Å². The maximum Gasteiger partial charge on any atom is 0.187 e. The maximum absolute atomic E-state index is 4.35. The standard InChI is InChI=1S/C14H17N3S/c1-12-7-8-16-14(17-12)18-10-9-15-11-13-5-3-2-4-6-13/h2-8,15H,9-11H2,1H3. The number of hydrogen-bond donors (Lipinski definition) is 1. The Morgan fingerprint density at radius 3 is 2.78 bits per heavy atom. The van der Waals surface area contributed by atoms with Gasteiger partial charge in [-0.05, 0) is 18.6 Å². The first-order valence-electron chi connectivity index (χ1n) is 6.02. The SMILES string of the molecule is Cc1ccnc(SCCNCc2ccccc2)n1. The van der Waals surface area contributed by atoms with Crippen molar-refractivity contribution in [3.63, 3.8) is 0 Å². The van der Waals surface area contributed by atoms with Gasteiger partial charge in [-0.2, -0.15) is 0 Å². The van der Waals surface area contributed by atoms with Crippen LogP contribution in [0, 0.1) is 6.92 Å². The van der Waals surface area contributed by atoms with Crippen LogP contribution in [-0.2, 0) is 6.54 Å². The van der Waals surface area contributed by atoms with Crippen LogP contribution in [-0.4, -0.2) is 22.3 Å². The smallest absolute Gasteiger partial charge is 0.187 e. The van der Waals surface area contributed by atoms with E-state index in [1.165, 1.54) is 5.56 Å². The van der Waals surface area contributed by atoms with Crippen molar-refractivity contribution in [2.24, 2.45) is 0 Å². The summed E-state index contributed by atoms with van der Waals surface area (Å²) in [4.78, 5) is 8.57. The van der Waals surface area contributed by atoms with Crippen LogP contribution in [0.3, 0.4) is 0 Å². The van der Waals surface area contributed by atoms with Crippen molar-refractivity contribution < 1.29 is 0 Å². The summed E-state index contributed by atoms with van der Waals surface area (Å²) in [6.07, 6.45) is 1.81. The highest BCUT2D eigenvalue weighted by Crippen LogP contribution is 2.11. The molecule has 0 aliphatic rings. The summed E-state index contributed by atoms with van der Waals surface area (Å²) in [5.41, 5.74) is 2.33. The van der Waals surface area contributed by atoms with Gasteiger partial charge in [0.2, 0.25) is 0 Å². The second-order valence-electron chi connectivity index (χ2n) is 3.99. The zero-order valence-electron chi connectivity index (χ0n) is 10.5. The largest absolute Gasteiger partial charge is 0.312 e. The minimum atomic E-state index is 0.858. The van der Waals surface area contributed by atoms with Gasteiger partial charge in [0.15, 0.2) is 5.16 Å². The lowest BCUT2D eigenvalue weighted by Gasteiger charge is -2.04. The van der Waals surface area contributed by atoms with E-state index in [1.54, 1.807) is 11.8 Å². The number of aromatic nitrogens is 2.